The minimum absolute atomic E-state index is 0.141. The number of hydrogen-bond acceptors (Lipinski definition) is 4. The summed E-state index contributed by atoms with van der Waals surface area (Å²) in [6.07, 6.45) is 6.02. The van der Waals surface area contributed by atoms with Crippen molar-refractivity contribution in [3.63, 3.8) is 0 Å². The van der Waals surface area contributed by atoms with Gasteiger partial charge in [0.2, 0.25) is 0 Å². The minimum Gasteiger partial charge on any atom is -0.379 e. The largest absolute Gasteiger partial charge is 0.379 e. The van der Waals surface area contributed by atoms with Crippen molar-refractivity contribution in [2.45, 2.75) is 19.8 Å². The Labute approximate surface area is 195 Å². The molecule has 5 heteroatoms. The van der Waals surface area contributed by atoms with Gasteiger partial charge in [-0.15, -0.1) is 0 Å². The molecule has 0 radical (unpaired) electrons. The number of fused-ring (bicyclic) bond motifs is 1. The van der Waals surface area contributed by atoms with E-state index in [1.54, 1.807) is 6.20 Å². The number of amides is 1. The van der Waals surface area contributed by atoms with E-state index >= 15 is 0 Å². The van der Waals surface area contributed by atoms with Gasteiger partial charge in [-0.2, -0.15) is 0 Å². The van der Waals surface area contributed by atoms with Crippen LogP contribution in [0.1, 0.15) is 33.5 Å². The summed E-state index contributed by atoms with van der Waals surface area (Å²) < 4.78 is 5.45. The molecule has 1 fully saturated rings. The lowest BCUT2D eigenvalue weighted by Gasteiger charge is -2.29. The first kappa shape index (κ1) is 21.6. The number of nitrogens with one attached hydrogen (secondary N) is 1. The lowest BCUT2D eigenvalue weighted by Crippen LogP contribution is -2.37. The molecule has 1 amide bonds. The third-order valence-corrected chi connectivity index (χ3v) is 6.38. The molecule has 33 heavy (non-hydrogen) atoms. The van der Waals surface area contributed by atoms with E-state index in [4.69, 9.17) is 4.74 Å². The van der Waals surface area contributed by atoms with Crippen LogP contribution in [0.15, 0.2) is 66.4 Å². The molecule has 0 spiro atoms. The van der Waals surface area contributed by atoms with Crippen molar-refractivity contribution in [1.29, 1.82) is 0 Å². The molecular formula is C28H29N3O2. The number of anilines is 1. The van der Waals surface area contributed by atoms with Crippen LogP contribution in [0.5, 0.6) is 0 Å². The molecule has 1 N–H and O–H groups in total. The fourth-order valence-electron chi connectivity index (χ4n) is 4.43. The Morgan fingerprint density at radius 1 is 1.03 bits per heavy atom. The molecule has 0 saturated carbocycles. The summed E-state index contributed by atoms with van der Waals surface area (Å²) in [6.45, 7) is 6.76. The zero-order valence-corrected chi connectivity index (χ0v) is 19.0. The van der Waals surface area contributed by atoms with Crippen molar-refractivity contribution in [3.8, 4) is 11.3 Å². The van der Waals surface area contributed by atoms with Gasteiger partial charge in [0, 0.05) is 37.1 Å². The van der Waals surface area contributed by atoms with Crippen LogP contribution >= 0.6 is 0 Å². The van der Waals surface area contributed by atoms with Crippen LogP contribution in [0.25, 0.3) is 17.3 Å². The second-order valence-corrected chi connectivity index (χ2v) is 8.86. The van der Waals surface area contributed by atoms with Gasteiger partial charge in [0.25, 0.3) is 5.91 Å². The summed E-state index contributed by atoms with van der Waals surface area (Å²) in [5.74, 6) is -0.141. The van der Waals surface area contributed by atoms with E-state index in [2.05, 4.69) is 52.5 Å². The Bertz CT molecular complexity index is 1160. The predicted molar refractivity (Wildman–Crippen MR) is 132 cm³/mol. The van der Waals surface area contributed by atoms with Gasteiger partial charge < -0.3 is 10.1 Å². The molecule has 0 atom stereocenters. The molecule has 5 rings (SSSR count). The highest BCUT2D eigenvalue weighted by molar-refractivity contribution is 6.04. The molecule has 168 valence electrons. The monoisotopic (exact) mass is 439 g/mol. The lowest BCUT2D eigenvalue weighted by atomic mass is 9.91. The second kappa shape index (κ2) is 9.69. The van der Waals surface area contributed by atoms with Gasteiger partial charge in [-0.1, -0.05) is 47.5 Å². The molecular weight excluding hydrogens is 410 g/mol. The quantitative estimate of drug-likeness (QED) is 0.610. The highest BCUT2D eigenvalue weighted by Gasteiger charge is 2.16. The molecule has 0 unspecified atom stereocenters. The third kappa shape index (κ3) is 5.21. The summed E-state index contributed by atoms with van der Waals surface area (Å²) in [4.78, 5) is 19.7. The number of benzene rings is 2. The number of morpholine rings is 1. The molecule has 1 aliphatic heterocycles. The molecule has 3 aromatic rings. The number of carbonyl (C=O) groups is 1. The smallest absolute Gasteiger partial charge is 0.257 e. The van der Waals surface area contributed by atoms with Gasteiger partial charge in [-0.25, -0.2) is 0 Å². The molecule has 1 aliphatic carbocycles. The molecule has 1 aromatic heterocycles. The maximum absolute atomic E-state index is 12.8. The van der Waals surface area contributed by atoms with Gasteiger partial charge >= 0.3 is 0 Å². The second-order valence-electron chi connectivity index (χ2n) is 8.86. The van der Waals surface area contributed by atoms with Crippen molar-refractivity contribution < 1.29 is 9.53 Å². The maximum atomic E-state index is 12.8. The summed E-state index contributed by atoms with van der Waals surface area (Å²) >= 11 is 0. The van der Waals surface area contributed by atoms with Crippen LogP contribution in [0.2, 0.25) is 0 Å². The Kier molecular flexibility index (Phi) is 6.33. The highest BCUT2D eigenvalue weighted by atomic mass is 16.5. The number of ether oxygens (including phenoxy) is 1. The number of hydrogen-bond donors (Lipinski definition) is 1. The van der Waals surface area contributed by atoms with E-state index in [0.29, 0.717) is 5.56 Å². The zero-order valence-electron chi connectivity index (χ0n) is 19.0. The van der Waals surface area contributed by atoms with Gasteiger partial charge in [0.15, 0.2) is 0 Å². The number of nitrogens with zero attached hydrogens (tertiary/aromatic N) is 2. The first-order valence-corrected chi connectivity index (χ1v) is 11.6. The number of carbonyl (C=O) groups excluding carboxylic acids is 1. The predicted octanol–water partition coefficient (Wildman–Crippen LogP) is 4.97. The third-order valence-electron chi connectivity index (χ3n) is 6.38. The van der Waals surface area contributed by atoms with Crippen molar-refractivity contribution in [1.82, 2.24) is 9.88 Å². The summed E-state index contributed by atoms with van der Waals surface area (Å²) in [5, 5.41) is 3.03. The lowest BCUT2D eigenvalue weighted by molar-refractivity contribution is 0.0420. The average Bonchev–Trinajstić information content (AvgIpc) is 2.85. The Hall–Kier alpha value is -3.28. The maximum Gasteiger partial charge on any atom is 0.257 e. The van der Waals surface area contributed by atoms with Crippen LogP contribution < -0.4 is 5.32 Å². The van der Waals surface area contributed by atoms with Gasteiger partial charge in [0.05, 0.1) is 24.5 Å². The van der Waals surface area contributed by atoms with E-state index in [1.165, 1.54) is 22.3 Å². The molecule has 1 saturated heterocycles. The van der Waals surface area contributed by atoms with Crippen molar-refractivity contribution in [2.24, 2.45) is 0 Å². The van der Waals surface area contributed by atoms with Gasteiger partial charge in [-0.3, -0.25) is 14.7 Å². The van der Waals surface area contributed by atoms with Crippen molar-refractivity contribution >= 4 is 17.7 Å². The minimum atomic E-state index is -0.141. The van der Waals surface area contributed by atoms with Crippen LogP contribution in [-0.2, 0) is 11.2 Å². The van der Waals surface area contributed by atoms with Gasteiger partial charge in [-0.05, 0) is 55.2 Å². The molecule has 2 aliphatic rings. The first-order valence-electron chi connectivity index (χ1n) is 11.6. The van der Waals surface area contributed by atoms with Crippen LogP contribution in [0, 0.1) is 6.92 Å². The van der Waals surface area contributed by atoms with Crippen LogP contribution in [-0.4, -0.2) is 48.6 Å². The number of aromatic nitrogens is 1. The summed E-state index contributed by atoms with van der Waals surface area (Å²) in [5.41, 5.74) is 8.51. The summed E-state index contributed by atoms with van der Waals surface area (Å²) in [7, 11) is 0. The van der Waals surface area contributed by atoms with Crippen molar-refractivity contribution in [3.05, 3.63) is 88.6 Å². The normalized spacial score (nSPS) is 16.1. The van der Waals surface area contributed by atoms with E-state index in [0.717, 1.165) is 62.6 Å². The molecule has 2 aromatic carbocycles. The number of aryl methyl sites for hydroxylation is 2. The Morgan fingerprint density at radius 2 is 1.85 bits per heavy atom. The van der Waals surface area contributed by atoms with Gasteiger partial charge in [0.1, 0.15) is 0 Å². The van der Waals surface area contributed by atoms with E-state index in [-0.39, 0.29) is 5.91 Å². The van der Waals surface area contributed by atoms with Crippen LogP contribution in [0.3, 0.4) is 0 Å². The Balaban J connectivity index is 1.24. The SMILES string of the molecule is Cc1ccc(-c2ccc(C(=O)Nc3ccc4c(c3)CCC(CN3CCOCC3)=C4)cn2)cc1. The number of pyridine rings is 1. The average molecular weight is 440 g/mol. The highest BCUT2D eigenvalue weighted by Crippen LogP contribution is 2.27. The fourth-order valence-corrected chi connectivity index (χ4v) is 4.43. The number of rotatable bonds is 5. The van der Waals surface area contributed by atoms with E-state index < -0.39 is 0 Å². The summed E-state index contributed by atoms with van der Waals surface area (Å²) in [6, 6.07) is 18.1. The molecule has 0 bridgehead atoms. The standard InChI is InChI=1S/C28H29N3O2/c1-20-2-5-22(6-3-20)27-11-9-25(18-29-27)28(32)30-26-10-8-23-16-21(4-7-24(23)17-26)19-31-12-14-33-15-13-31/h2-3,5-6,8-11,16-18H,4,7,12-15,19H2,1H3,(H,30,32). The zero-order chi connectivity index (χ0) is 22.6. The molecule has 2 heterocycles. The topological polar surface area (TPSA) is 54.5 Å². The first-order chi connectivity index (χ1) is 16.1. The molecule has 5 nitrogen and oxygen atoms in total. The van der Waals surface area contributed by atoms with Crippen LogP contribution in [0.4, 0.5) is 5.69 Å². The van der Waals surface area contributed by atoms with E-state index in [9.17, 15) is 4.79 Å². The Morgan fingerprint density at radius 3 is 2.61 bits per heavy atom. The fraction of sp³-hybridized carbons (Fsp3) is 0.286. The van der Waals surface area contributed by atoms with Crippen molar-refractivity contribution in [2.75, 3.05) is 38.2 Å². The van der Waals surface area contributed by atoms with E-state index in [1.807, 2.05) is 30.3 Å².